The number of fused-ring (bicyclic) bond motifs is 4. The molecule has 23 nitrogen and oxygen atoms in total. The molecule has 1 aliphatic heterocycles. The van der Waals surface area contributed by atoms with Crippen molar-refractivity contribution in [2.24, 2.45) is 39.9 Å². The lowest BCUT2D eigenvalue weighted by molar-refractivity contribution is -0.118. The zero-order chi connectivity index (χ0) is 72.9. The van der Waals surface area contributed by atoms with E-state index in [1.165, 1.54) is 116 Å². The number of anilines is 4. The highest BCUT2D eigenvalue weighted by molar-refractivity contribution is 9.10. The average Bonchev–Trinajstić information content (AvgIpc) is 1.38. The van der Waals surface area contributed by atoms with E-state index >= 15 is 0 Å². The minimum atomic E-state index is -0.498. The summed E-state index contributed by atoms with van der Waals surface area (Å²) in [6, 6.07) is 12.0. The van der Waals surface area contributed by atoms with Crippen LogP contribution in [0.4, 0.5) is 46.1 Å². The Bertz CT molecular complexity index is 4700. The minimum Gasteiger partial charge on any atom is -0.444 e. The number of piperidine rings is 1. The molecule has 3 spiro atoms. The van der Waals surface area contributed by atoms with Gasteiger partial charge in [-0.1, -0.05) is 50.7 Å². The fourth-order valence-electron chi connectivity index (χ4n) is 16.4. The van der Waals surface area contributed by atoms with E-state index in [0.717, 1.165) is 127 Å². The molecule has 556 valence electrons. The van der Waals surface area contributed by atoms with Gasteiger partial charge in [0, 0.05) is 42.7 Å². The Hall–Kier alpha value is -8.69. The van der Waals surface area contributed by atoms with Gasteiger partial charge < -0.3 is 9.64 Å². The van der Waals surface area contributed by atoms with Gasteiger partial charge in [-0.15, -0.1) is 20.4 Å². The maximum atomic E-state index is 14.9. The third-order valence-electron chi connectivity index (χ3n) is 23.3. The summed E-state index contributed by atoms with van der Waals surface area (Å²) in [5, 5.41) is 28.2. The van der Waals surface area contributed by atoms with Gasteiger partial charge in [-0.05, 0) is 267 Å². The first-order valence-corrected chi connectivity index (χ1v) is 38.8. The van der Waals surface area contributed by atoms with Gasteiger partial charge in [-0.3, -0.25) is 40.4 Å². The fraction of sp³-hybridized carbons (Fsp3) is 0.571. The van der Waals surface area contributed by atoms with E-state index in [2.05, 4.69) is 89.7 Å². The van der Waals surface area contributed by atoms with Crippen LogP contribution in [0.25, 0.3) is 33.7 Å². The molecule has 0 unspecified atom stereocenters. The van der Waals surface area contributed by atoms with Crippen LogP contribution in [-0.2, 0) is 23.9 Å². The molecule has 8 aromatic heterocycles. The van der Waals surface area contributed by atoms with Crippen LogP contribution in [-0.4, -0.2) is 112 Å². The lowest BCUT2D eigenvalue weighted by Gasteiger charge is -2.43. The lowest BCUT2D eigenvalue weighted by atomic mass is 9.63. The van der Waals surface area contributed by atoms with Crippen LogP contribution >= 0.6 is 15.9 Å². The highest BCUT2D eigenvalue weighted by atomic mass is 79.9. The van der Waals surface area contributed by atoms with E-state index in [1.807, 2.05) is 20.8 Å². The summed E-state index contributed by atoms with van der Waals surface area (Å²) in [6.07, 6.45) is 36.5. The van der Waals surface area contributed by atoms with Crippen LogP contribution in [0.2, 0.25) is 0 Å². The van der Waals surface area contributed by atoms with Crippen molar-refractivity contribution >= 4 is 103 Å². The lowest BCUT2D eigenvalue weighted by Crippen LogP contribution is -2.45. The first-order valence-electron chi connectivity index (χ1n) is 38.0. The predicted octanol–water partition coefficient (Wildman–Crippen LogP) is 16.3. The number of aromatic nitrogens is 12. The molecule has 105 heavy (non-hydrogen) atoms. The van der Waals surface area contributed by atoms with Crippen LogP contribution in [0, 0.1) is 63.2 Å². The molecule has 7 saturated carbocycles. The third-order valence-corrected chi connectivity index (χ3v) is 24.0. The number of halogens is 5. The number of ether oxygens (including phenoxy) is 1. The molecule has 10 aliphatic rings. The largest absolute Gasteiger partial charge is 0.444 e. The highest BCUT2D eigenvalue weighted by Crippen LogP contribution is 2.53. The minimum absolute atomic E-state index is 0.0233. The second kappa shape index (κ2) is 29.6. The van der Waals surface area contributed by atoms with Crippen LogP contribution < -0.4 is 21.3 Å². The zero-order valence-corrected chi connectivity index (χ0v) is 61.5. The summed E-state index contributed by atoms with van der Waals surface area (Å²) in [5.41, 5.74) is 6.19. The first kappa shape index (κ1) is 71.9. The number of pyridine rings is 4. The summed E-state index contributed by atoms with van der Waals surface area (Å²) >= 11 is 3.07. The summed E-state index contributed by atoms with van der Waals surface area (Å²) in [5.74, 6) is -0.0217. The third kappa shape index (κ3) is 16.5. The maximum absolute atomic E-state index is 14.9. The number of hydrogen-bond donors (Lipinski definition) is 4. The van der Waals surface area contributed by atoms with Gasteiger partial charge >= 0.3 is 6.09 Å². The van der Waals surface area contributed by atoms with Crippen molar-refractivity contribution < 1.29 is 46.3 Å². The number of nitrogens with one attached hydrogen (secondary N) is 4. The predicted molar refractivity (Wildman–Crippen MR) is 390 cm³/mol. The smallest absolute Gasteiger partial charge is 0.410 e. The van der Waals surface area contributed by atoms with E-state index in [0.29, 0.717) is 69.5 Å². The van der Waals surface area contributed by atoms with Crippen LogP contribution in [0.3, 0.4) is 0 Å². The van der Waals surface area contributed by atoms with Crippen molar-refractivity contribution in [3.63, 3.8) is 0 Å². The van der Waals surface area contributed by atoms with Crippen molar-refractivity contribution in [1.29, 1.82) is 0 Å². The Balaban J connectivity index is 0.000000115. The van der Waals surface area contributed by atoms with Gasteiger partial charge in [-0.25, -0.2) is 40.4 Å². The summed E-state index contributed by atoms with van der Waals surface area (Å²) in [6.45, 7) is 6.98. The molecule has 1 saturated heterocycles. The number of carbonyl (C=O) groups excluding carboxylic acids is 5. The summed E-state index contributed by atoms with van der Waals surface area (Å²) in [4.78, 5) is 79.0. The van der Waals surface area contributed by atoms with Gasteiger partial charge in [0.15, 0.2) is 28.4 Å². The van der Waals surface area contributed by atoms with Gasteiger partial charge in [-0.2, -0.15) is 19.9 Å². The first-order chi connectivity index (χ1) is 50.5. The number of amides is 5. The van der Waals surface area contributed by atoms with Crippen molar-refractivity contribution in [3.05, 3.63) is 106 Å². The van der Waals surface area contributed by atoms with Gasteiger partial charge in [0.1, 0.15) is 39.0 Å². The Morgan fingerprint density at radius 3 is 1.20 bits per heavy atom. The molecule has 9 aliphatic carbocycles. The Morgan fingerprint density at radius 2 is 0.800 bits per heavy atom. The molecule has 18 rings (SSSR count). The molecular weight excluding hydrogens is 1410 g/mol. The van der Waals surface area contributed by atoms with E-state index < -0.39 is 11.4 Å². The van der Waals surface area contributed by atoms with Crippen molar-refractivity contribution in [1.82, 2.24) is 63.3 Å². The zero-order valence-electron chi connectivity index (χ0n) is 59.9. The van der Waals surface area contributed by atoms with E-state index in [4.69, 9.17) is 4.74 Å². The SMILES string of the molecule is CC(C)(C)OC(=O)N1CCC2(CC=C(c3c(F)ccc4nc(NC(=O)C5CC5)nn34)CC2)CC1.O=C(Nc1nc2ccc(F)c(Br)n2n1)C1CC1.O=C(Nc1nc2ccc(F)c(C3=CCC4(CCCCC4)CC3)n2n1)C1CC1.O=C(Nc1nc2ccc(F)c(C3CCC4(CCCCC4)CC3)n2n1)C1CC1. The normalized spacial score (nSPS) is 20.6. The van der Waals surface area contributed by atoms with Crippen molar-refractivity contribution in [2.75, 3.05) is 34.4 Å². The van der Waals surface area contributed by atoms with Crippen molar-refractivity contribution in [3.8, 4) is 0 Å². The van der Waals surface area contributed by atoms with Crippen LogP contribution in [0.5, 0.6) is 0 Å². The van der Waals surface area contributed by atoms with E-state index in [-0.39, 0.29) is 105 Å². The molecule has 0 bridgehead atoms. The molecule has 5 amide bonds. The Morgan fingerprint density at radius 1 is 0.438 bits per heavy atom. The molecule has 8 aromatic rings. The fourth-order valence-corrected chi connectivity index (χ4v) is 16.8. The second-order valence-corrected chi connectivity index (χ2v) is 33.0. The molecular formula is C77H92BrF4N17O6. The molecule has 0 radical (unpaired) electrons. The maximum Gasteiger partial charge on any atom is 0.410 e. The second-order valence-electron chi connectivity index (χ2n) is 32.2. The number of hydrogen-bond acceptors (Lipinski definition) is 14. The number of rotatable bonds is 11. The standard InChI is InChI=1S/C25H32FN5O3.C21H27FN4O.C21H25FN4O.C10H8BrFN4O/c1-24(2,3)34-23(33)30-14-12-25(13-15-30)10-8-16(9-11-25)20-18(26)6-7-19-27-22(29-31(19)20)28-21(32)17-4-5-17;2*22-16-6-7-17-23-20(24-19(27)15-4-5-15)25-26(17)18(16)14-8-12-21(13-9-14)10-2-1-3-11-21;11-8-6(12)3-4-7-13-10(15-16(7)8)14-9(17)5-1-2-5/h6-8,17H,4-5,9-15H2,1-3H3,(H,28,29,32);6-7,14-15H,1-5,8-13H2,(H,24,25,27);6-8,15H,1-5,9-13H2,(H,24,25,27);3-5H,1-2H2,(H,14,15,17). The molecule has 0 aromatic carbocycles. The van der Waals surface area contributed by atoms with Gasteiger partial charge in [0.25, 0.3) is 0 Å². The summed E-state index contributed by atoms with van der Waals surface area (Å²) < 4.78 is 69.4. The monoisotopic (exact) mass is 1510 g/mol. The average molecular weight is 1510 g/mol. The topological polar surface area (TPSA) is 267 Å². The van der Waals surface area contributed by atoms with Crippen LogP contribution in [0.15, 0.2) is 65.3 Å². The molecule has 28 heteroatoms. The van der Waals surface area contributed by atoms with Gasteiger partial charge in [0.05, 0.1) is 5.69 Å². The Labute approximate surface area is 614 Å². The number of likely N-dealkylation sites (tertiary alicyclic amines) is 1. The quantitative estimate of drug-likeness (QED) is 0.0693. The molecule has 8 fully saturated rings. The summed E-state index contributed by atoms with van der Waals surface area (Å²) in [7, 11) is 0. The molecule has 9 heterocycles. The van der Waals surface area contributed by atoms with Crippen LogP contribution in [0.1, 0.15) is 236 Å². The van der Waals surface area contributed by atoms with E-state index in [1.54, 1.807) is 32.1 Å². The van der Waals surface area contributed by atoms with Gasteiger partial charge in [0.2, 0.25) is 47.4 Å². The van der Waals surface area contributed by atoms with Crippen molar-refractivity contribution in [2.45, 2.75) is 225 Å². The molecule has 0 atom stereocenters. The highest BCUT2D eigenvalue weighted by Gasteiger charge is 2.42. The number of carbonyl (C=O) groups is 5. The number of allylic oxidation sites excluding steroid dienone is 4. The molecule has 4 N–H and O–H groups in total. The Kier molecular flexibility index (Phi) is 20.2. The van der Waals surface area contributed by atoms with E-state index in [9.17, 15) is 41.5 Å². The number of nitrogens with zero attached hydrogens (tertiary/aromatic N) is 13.